The predicted molar refractivity (Wildman–Crippen MR) is 134 cm³/mol. The van der Waals surface area contributed by atoms with Crippen LogP contribution in [-0.4, -0.2) is 53.5 Å². The normalized spacial score (nSPS) is 17.7. The first-order valence-corrected chi connectivity index (χ1v) is 12.9. The van der Waals surface area contributed by atoms with Crippen LogP contribution in [0.3, 0.4) is 0 Å². The van der Waals surface area contributed by atoms with Gasteiger partial charge < -0.3 is 20.1 Å². The van der Waals surface area contributed by atoms with E-state index in [0.29, 0.717) is 32.8 Å². The highest BCUT2D eigenvalue weighted by Gasteiger charge is 2.31. The van der Waals surface area contributed by atoms with Crippen molar-refractivity contribution in [3.63, 3.8) is 0 Å². The number of aliphatic hydroxyl groups is 1. The number of ketones is 1. The molecule has 1 saturated carbocycles. The van der Waals surface area contributed by atoms with Gasteiger partial charge in [-0.25, -0.2) is 0 Å². The number of halogens is 2. The number of aliphatic hydroxyl groups excluding tert-OH is 1. The topological polar surface area (TPSA) is 78.9 Å². The second kappa shape index (κ2) is 9.84. The Labute approximate surface area is 211 Å². The Morgan fingerprint density at radius 1 is 1.15 bits per heavy atom. The van der Waals surface area contributed by atoms with E-state index in [-0.39, 0.29) is 6.10 Å². The quantitative estimate of drug-likeness (QED) is 0.312. The molecule has 0 unspecified atom stereocenters. The molecule has 1 amide bonds. The van der Waals surface area contributed by atoms with Crippen LogP contribution in [0.1, 0.15) is 40.6 Å². The van der Waals surface area contributed by atoms with Gasteiger partial charge in [0, 0.05) is 16.3 Å². The SMILES string of the molecule is O=C(N[C@H](CN1CCC1)[C@H](O)c1ccc(OC2CC2)c(Cl)c1)C(=O)c1cc2ccc(Cl)cc2s1. The maximum atomic E-state index is 12.9. The number of amides is 1. The number of Topliss-reactive ketones (excluding diaryl/α,β-unsaturated/α-hetero) is 1. The lowest BCUT2D eigenvalue weighted by Crippen LogP contribution is -2.52. The van der Waals surface area contributed by atoms with Crippen molar-refractivity contribution in [1.29, 1.82) is 0 Å². The van der Waals surface area contributed by atoms with Gasteiger partial charge in [0.05, 0.1) is 22.0 Å². The summed E-state index contributed by atoms with van der Waals surface area (Å²) in [6, 6.07) is 11.5. The van der Waals surface area contributed by atoms with E-state index < -0.39 is 23.8 Å². The molecule has 0 spiro atoms. The van der Waals surface area contributed by atoms with Gasteiger partial charge in [-0.1, -0.05) is 35.3 Å². The molecule has 2 aromatic carbocycles. The van der Waals surface area contributed by atoms with E-state index >= 15 is 0 Å². The molecule has 5 rings (SSSR count). The third-order valence-corrected chi connectivity index (χ3v) is 7.76. The summed E-state index contributed by atoms with van der Waals surface area (Å²) in [7, 11) is 0. The van der Waals surface area contributed by atoms with Crippen molar-refractivity contribution in [1.82, 2.24) is 10.2 Å². The Kier molecular flexibility index (Phi) is 6.82. The van der Waals surface area contributed by atoms with Crippen molar-refractivity contribution in [3.05, 3.63) is 63.0 Å². The highest BCUT2D eigenvalue weighted by Crippen LogP contribution is 2.34. The third kappa shape index (κ3) is 5.24. The van der Waals surface area contributed by atoms with Gasteiger partial charge >= 0.3 is 0 Å². The molecule has 2 aliphatic rings. The van der Waals surface area contributed by atoms with Crippen molar-refractivity contribution >= 4 is 56.3 Å². The number of fused-ring (bicyclic) bond motifs is 1. The minimum absolute atomic E-state index is 0.211. The van der Waals surface area contributed by atoms with E-state index in [4.69, 9.17) is 27.9 Å². The number of hydrogen-bond acceptors (Lipinski definition) is 6. The molecule has 178 valence electrons. The summed E-state index contributed by atoms with van der Waals surface area (Å²) < 4.78 is 6.61. The monoisotopic (exact) mass is 518 g/mol. The second-order valence-corrected chi connectivity index (χ2v) is 10.7. The highest BCUT2D eigenvalue weighted by atomic mass is 35.5. The molecule has 2 N–H and O–H groups in total. The second-order valence-electron chi connectivity index (χ2n) is 8.81. The maximum absolute atomic E-state index is 12.9. The van der Waals surface area contributed by atoms with E-state index in [1.54, 1.807) is 36.4 Å². The highest BCUT2D eigenvalue weighted by molar-refractivity contribution is 7.21. The molecular formula is C25H24Cl2N2O4S. The van der Waals surface area contributed by atoms with Crippen molar-refractivity contribution in [2.24, 2.45) is 0 Å². The maximum Gasteiger partial charge on any atom is 0.293 e. The Morgan fingerprint density at radius 2 is 1.94 bits per heavy atom. The molecule has 0 radical (unpaired) electrons. The fraction of sp³-hybridized carbons (Fsp3) is 0.360. The fourth-order valence-corrected chi connectivity index (χ4v) is 5.43. The van der Waals surface area contributed by atoms with Gasteiger partial charge in [0.25, 0.3) is 11.7 Å². The average molecular weight is 519 g/mol. The van der Waals surface area contributed by atoms with Gasteiger partial charge in [-0.2, -0.15) is 0 Å². The van der Waals surface area contributed by atoms with Crippen LogP contribution in [0.4, 0.5) is 0 Å². The summed E-state index contributed by atoms with van der Waals surface area (Å²) in [6.45, 7) is 2.21. The molecule has 34 heavy (non-hydrogen) atoms. The summed E-state index contributed by atoms with van der Waals surface area (Å²) in [5, 5.41) is 15.8. The number of thiophene rings is 1. The first-order chi connectivity index (χ1) is 16.4. The molecule has 1 aromatic heterocycles. The Hall–Kier alpha value is -2.16. The van der Waals surface area contributed by atoms with Crippen molar-refractivity contribution in [3.8, 4) is 5.75 Å². The Bertz CT molecular complexity index is 1240. The fourth-order valence-electron chi connectivity index (χ4n) is 3.92. The van der Waals surface area contributed by atoms with Crippen LogP contribution in [0.5, 0.6) is 5.75 Å². The largest absolute Gasteiger partial charge is 0.489 e. The summed E-state index contributed by atoms with van der Waals surface area (Å²) in [5.74, 6) is -0.796. The lowest BCUT2D eigenvalue weighted by molar-refractivity contribution is -0.118. The molecular weight excluding hydrogens is 495 g/mol. The number of hydrogen-bond donors (Lipinski definition) is 2. The van der Waals surface area contributed by atoms with Gasteiger partial charge in [0.15, 0.2) is 0 Å². The minimum Gasteiger partial charge on any atom is -0.489 e. The van der Waals surface area contributed by atoms with Crippen LogP contribution in [-0.2, 0) is 4.79 Å². The van der Waals surface area contributed by atoms with Gasteiger partial charge in [0.1, 0.15) is 11.9 Å². The Balaban J connectivity index is 1.32. The summed E-state index contributed by atoms with van der Waals surface area (Å²) in [5.41, 5.74) is 0.558. The molecule has 9 heteroatoms. The van der Waals surface area contributed by atoms with Crippen molar-refractivity contribution in [2.45, 2.75) is 37.5 Å². The number of nitrogens with one attached hydrogen (secondary N) is 1. The number of carbonyl (C=O) groups is 2. The summed E-state index contributed by atoms with van der Waals surface area (Å²) >= 11 is 13.6. The predicted octanol–water partition coefficient (Wildman–Crippen LogP) is 4.86. The van der Waals surface area contributed by atoms with Gasteiger partial charge in [-0.15, -0.1) is 11.3 Å². The van der Waals surface area contributed by atoms with Crippen LogP contribution in [0, 0.1) is 0 Å². The first kappa shape index (κ1) is 23.6. The van der Waals surface area contributed by atoms with Crippen LogP contribution >= 0.6 is 34.5 Å². The lowest BCUT2D eigenvalue weighted by atomic mass is 10.00. The number of nitrogens with zero attached hydrogens (tertiary/aromatic N) is 1. The number of ether oxygens (including phenoxy) is 1. The minimum atomic E-state index is -1.04. The van der Waals surface area contributed by atoms with Crippen LogP contribution < -0.4 is 10.1 Å². The van der Waals surface area contributed by atoms with Crippen LogP contribution in [0.2, 0.25) is 10.0 Å². The van der Waals surface area contributed by atoms with Gasteiger partial charge in [-0.3, -0.25) is 9.59 Å². The molecule has 2 atom stereocenters. The summed E-state index contributed by atoms with van der Waals surface area (Å²) in [6.07, 6.45) is 2.28. The first-order valence-electron chi connectivity index (χ1n) is 11.3. The van der Waals surface area contributed by atoms with Crippen LogP contribution in [0.15, 0.2) is 42.5 Å². The Morgan fingerprint density at radius 3 is 2.62 bits per heavy atom. The third-order valence-electron chi connectivity index (χ3n) is 6.13. The van der Waals surface area contributed by atoms with E-state index in [2.05, 4.69) is 10.2 Å². The van der Waals surface area contributed by atoms with E-state index in [9.17, 15) is 14.7 Å². The standard InChI is InChI=1S/C25H24Cl2N2O4S/c26-16-4-2-14-11-22(34-21(14)12-16)24(31)25(32)28-19(13-29-8-1-9-29)23(30)15-3-7-20(18(27)10-15)33-17-5-6-17/h2-4,7,10-12,17,19,23,30H,1,5-6,8-9,13H2,(H,28,32)/t19-,23-/m1/s1. The lowest BCUT2D eigenvalue weighted by Gasteiger charge is -2.36. The number of likely N-dealkylation sites (tertiary alicyclic amines) is 1. The van der Waals surface area contributed by atoms with Gasteiger partial charge in [-0.05, 0) is 73.6 Å². The van der Waals surface area contributed by atoms with E-state index in [0.717, 1.165) is 42.4 Å². The average Bonchev–Trinajstić information content (AvgIpc) is 3.51. The number of carbonyl (C=O) groups excluding carboxylic acids is 2. The van der Waals surface area contributed by atoms with Gasteiger partial charge in [0.2, 0.25) is 0 Å². The molecule has 1 aliphatic carbocycles. The summed E-state index contributed by atoms with van der Waals surface area (Å²) in [4.78, 5) is 28.3. The molecule has 0 bridgehead atoms. The van der Waals surface area contributed by atoms with Crippen molar-refractivity contribution < 1.29 is 19.4 Å². The van der Waals surface area contributed by atoms with E-state index in [1.807, 2.05) is 6.07 Å². The molecule has 2 heterocycles. The number of rotatable bonds is 9. The zero-order chi connectivity index (χ0) is 23.8. The zero-order valence-electron chi connectivity index (χ0n) is 18.3. The smallest absolute Gasteiger partial charge is 0.293 e. The molecule has 3 aromatic rings. The van der Waals surface area contributed by atoms with Crippen molar-refractivity contribution in [2.75, 3.05) is 19.6 Å². The molecule has 1 aliphatic heterocycles. The number of benzene rings is 2. The molecule has 1 saturated heterocycles. The van der Waals surface area contributed by atoms with E-state index in [1.165, 1.54) is 11.3 Å². The van der Waals surface area contributed by atoms with Crippen LogP contribution in [0.25, 0.3) is 10.1 Å². The zero-order valence-corrected chi connectivity index (χ0v) is 20.6. The molecule has 2 fully saturated rings. The molecule has 6 nitrogen and oxygen atoms in total.